The number of fused-ring (bicyclic) bond motifs is 6. The number of carbonyl (C=O) groups excluding carboxylic acids is 1. The third kappa shape index (κ3) is 2.25. The van der Waals surface area contributed by atoms with Crippen molar-refractivity contribution in [1.82, 2.24) is 4.90 Å². The standard InChI is InChI=1S/C20H22N2O3/c1-24-20(23)16-11-25-10-12-9-22-7-6-14-13-4-2-3-5-17(13)21-19(14)18(22)8-15(12)16/h2-7,12,14-16,18H,8-11H2,1H3. The van der Waals surface area contributed by atoms with E-state index in [0.29, 0.717) is 18.4 Å². The Morgan fingerprint density at radius 3 is 3.08 bits per heavy atom. The molecule has 2 saturated heterocycles. The van der Waals surface area contributed by atoms with Crippen molar-refractivity contribution in [2.75, 3.05) is 26.9 Å². The summed E-state index contributed by atoms with van der Waals surface area (Å²) in [6.45, 7) is 2.12. The van der Waals surface area contributed by atoms with E-state index in [2.05, 4.69) is 35.4 Å². The summed E-state index contributed by atoms with van der Waals surface area (Å²) in [6, 6.07) is 8.67. The van der Waals surface area contributed by atoms with E-state index in [1.807, 2.05) is 6.07 Å². The zero-order valence-corrected chi connectivity index (χ0v) is 14.3. The van der Waals surface area contributed by atoms with Crippen LogP contribution >= 0.6 is 0 Å². The molecule has 25 heavy (non-hydrogen) atoms. The quantitative estimate of drug-likeness (QED) is 0.739. The third-order valence-electron chi connectivity index (χ3n) is 6.25. The molecule has 0 saturated carbocycles. The highest BCUT2D eigenvalue weighted by molar-refractivity contribution is 6.04. The van der Waals surface area contributed by atoms with Crippen molar-refractivity contribution in [2.24, 2.45) is 22.7 Å². The number of hydrogen-bond donors (Lipinski definition) is 0. The first kappa shape index (κ1) is 15.1. The maximum atomic E-state index is 12.2. The monoisotopic (exact) mass is 338 g/mol. The lowest BCUT2D eigenvalue weighted by Crippen LogP contribution is -2.56. The Morgan fingerprint density at radius 1 is 1.32 bits per heavy atom. The molecule has 4 heterocycles. The maximum Gasteiger partial charge on any atom is 0.311 e. The predicted octanol–water partition coefficient (Wildman–Crippen LogP) is 2.51. The zero-order valence-electron chi connectivity index (χ0n) is 14.3. The van der Waals surface area contributed by atoms with Gasteiger partial charge in [0.1, 0.15) is 0 Å². The summed E-state index contributed by atoms with van der Waals surface area (Å²) in [4.78, 5) is 19.6. The highest BCUT2D eigenvalue weighted by atomic mass is 16.5. The zero-order chi connectivity index (χ0) is 17.0. The summed E-state index contributed by atoms with van der Waals surface area (Å²) < 4.78 is 10.7. The summed E-state index contributed by atoms with van der Waals surface area (Å²) in [6.07, 6.45) is 5.44. The summed E-state index contributed by atoms with van der Waals surface area (Å²) in [7, 11) is 1.47. The third-order valence-corrected chi connectivity index (χ3v) is 6.25. The first-order valence-electron chi connectivity index (χ1n) is 9.03. The van der Waals surface area contributed by atoms with Gasteiger partial charge in [0.25, 0.3) is 0 Å². The highest BCUT2D eigenvalue weighted by Crippen LogP contribution is 2.45. The van der Waals surface area contributed by atoms with Gasteiger partial charge < -0.3 is 14.4 Å². The van der Waals surface area contributed by atoms with Crippen LogP contribution in [0.25, 0.3) is 0 Å². The Morgan fingerprint density at radius 2 is 2.20 bits per heavy atom. The molecule has 2 fully saturated rings. The normalized spacial score (nSPS) is 35.2. The molecule has 0 bridgehead atoms. The van der Waals surface area contributed by atoms with E-state index in [9.17, 15) is 4.79 Å². The molecule has 5 nitrogen and oxygen atoms in total. The number of aliphatic imine (C=N–C) groups is 1. The minimum Gasteiger partial charge on any atom is -0.469 e. The van der Waals surface area contributed by atoms with Crippen LogP contribution in [0.2, 0.25) is 0 Å². The molecule has 0 N–H and O–H groups in total. The number of nitrogens with zero attached hydrogens (tertiary/aromatic N) is 2. The van der Waals surface area contributed by atoms with E-state index >= 15 is 0 Å². The first-order chi connectivity index (χ1) is 12.3. The number of rotatable bonds is 1. The van der Waals surface area contributed by atoms with Crippen LogP contribution in [-0.4, -0.2) is 49.5 Å². The van der Waals surface area contributed by atoms with Gasteiger partial charge in [0.2, 0.25) is 0 Å². The molecular weight excluding hydrogens is 316 g/mol. The molecule has 0 spiro atoms. The second kappa shape index (κ2) is 5.70. The average Bonchev–Trinajstić information content (AvgIpc) is 3.04. The van der Waals surface area contributed by atoms with Gasteiger partial charge in [-0.15, -0.1) is 0 Å². The number of piperidine rings is 1. The van der Waals surface area contributed by atoms with E-state index in [4.69, 9.17) is 14.5 Å². The minimum absolute atomic E-state index is 0.136. The number of benzene rings is 1. The lowest BCUT2D eigenvalue weighted by Gasteiger charge is -2.49. The van der Waals surface area contributed by atoms with E-state index in [-0.39, 0.29) is 23.8 Å². The number of carbonyl (C=O) groups is 1. The highest BCUT2D eigenvalue weighted by Gasteiger charge is 2.48. The molecule has 130 valence electrons. The fourth-order valence-electron chi connectivity index (χ4n) is 5.01. The second-order valence-electron chi connectivity index (χ2n) is 7.45. The summed E-state index contributed by atoms with van der Waals surface area (Å²) >= 11 is 0. The van der Waals surface area contributed by atoms with Crippen LogP contribution in [0.1, 0.15) is 17.9 Å². The number of allylic oxidation sites excluding steroid dienone is 1. The van der Waals surface area contributed by atoms with Gasteiger partial charge in [-0.25, -0.2) is 0 Å². The lowest BCUT2D eigenvalue weighted by molar-refractivity contribution is -0.159. The van der Waals surface area contributed by atoms with E-state index in [1.54, 1.807) is 0 Å². The molecule has 4 aliphatic rings. The Balaban J connectivity index is 1.48. The van der Waals surface area contributed by atoms with Gasteiger partial charge in [-0.05, 0) is 30.2 Å². The molecule has 0 aliphatic carbocycles. The van der Waals surface area contributed by atoms with Gasteiger partial charge in [-0.3, -0.25) is 9.79 Å². The van der Waals surface area contributed by atoms with Gasteiger partial charge in [0, 0.05) is 18.4 Å². The molecule has 5 rings (SSSR count). The van der Waals surface area contributed by atoms with Crippen molar-refractivity contribution in [3.05, 3.63) is 42.1 Å². The van der Waals surface area contributed by atoms with Gasteiger partial charge in [-0.2, -0.15) is 0 Å². The SMILES string of the molecule is COC(=O)C1COCC2CN3C=CC4C(=Nc5ccccc54)C3CC21. The Labute approximate surface area is 147 Å². The van der Waals surface area contributed by atoms with Gasteiger partial charge in [-0.1, -0.05) is 24.3 Å². The smallest absolute Gasteiger partial charge is 0.311 e. The van der Waals surface area contributed by atoms with Crippen LogP contribution in [0.15, 0.2) is 41.5 Å². The molecule has 0 amide bonds. The van der Waals surface area contributed by atoms with Gasteiger partial charge in [0.15, 0.2) is 0 Å². The van der Waals surface area contributed by atoms with Gasteiger partial charge >= 0.3 is 5.97 Å². The number of hydrogen-bond acceptors (Lipinski definition) is 5. The topological polar surface area (TPSA) is 51.1 Å². The maximum absolute atomic E-state index is 12.2. The minimum atomic E-state index is -0.153. The molecular formula is C20H22N2O3. The molecule has 5 unspecified atom stereocenters. The number of esters is 1. The van der Waals surface area contributed by atoms with Crippen LogP contribution in [0.5, 0.6) is 0 Å². The first-order valence-corrected chi connectivity index (χ1v) is 9.03. The molecule has 5 heteroatoms. The van der Waals surface area contributed by atoms with E-state index in [0.717, 1.165) is 25.3 Å². The molecule has 0 radical (unpaired) electrons. The number of methoxy groups -OCH3 is 1. The largest absolute Gasteiger partial charge is 0.469 e. The summed E-state index contributed by atoms with van der Waals surface area (Å²) in [5, 5.41) is 0. The second-order valence-corrected chi connectivity index (χ2v) is 7.45. The van der Waals surface area contributed by atoms with Crippen LogP contribution in [0, 0.1) is 17.8 Å². The van der Waals surface area contributed by atoms with Crippen molar-refractivity contribution < 1.29 is 14.3 Å². The molecule has 0 aromatic heterocycles. The van der Waals surface area contributed by atoms with Crippen LogP contribution < -0.4 is 0 Å². The van der Waals surface area contributed by atoms with Crippen LogP contribution in [-0.2, 0) is 14.3 Å². The summed E-state index contributed by atoms with van der Waals surface area (Å²) in [5.74, 6) is 0.674. The fraction of sp³-hybridized carbons (Fsp3) is 0.500. The Bertz CT molecular complexity index is 772. The molecule has 1 aromatic carbocycles. The van der Waals surface area contributed by atoms with Gasteiger partial charge in [0.05, 0.1) is 43.7 Å². The Hall–Kier alpha value is -2.14. The molecule has 4 aliphatic heterocycles. The van der Waals surface area contributed by atoms with Crippen molar-refractivity contribution in [3.63, 3.8) is 0 Å². The number of ether oxygens (including phenoxy) is 2. The number of para-hydroxylation sites is 1. The van der Waals surface area contributed by atoms with Crippen LogP contribution in [0.3, 0.4) is 0 Å². The molecule has 1 aromatic rings. The van der Waals surface area contributed by atoms with Crippen molar-refractivity contribution >= 4 is 17.4 Å². The lowest BCUT2D eigenvalue weighted by atomic mass is 9.70. The molecule has 5 atom stereocenters. The average molecular weight is 338 g/mol. The van der Waals surface area contributed by atoms with E-state index < -0.39 is 0 Å². The predicted molar refractivity (Wildman–Crippen MR) is 93.8 cm³/mol. The van der Waals surface area contributed by atoms with E-state index in [1.165, 1.54) is 18.4 Å². The van der Waals surface area contributed by atoms with Crippen molar-refractivity contribution in [2.45, 2.75) is 18.4 Å². The Kier molecular flexibility index (Phi) is 3.45. The summed E-state index contributed by atoms with van der Waals surface area (Å²) in [5.41, 5.74) is 3.62. The van der Waals surface area contributed by atoms with Crippen molar-refractivity contribution in [3.8, 4) is 0 Å². The van der Waals surface area contributed by atoms with Crippen molar-refractivity contribution in [1.29, 1.82) is 0 Å². The van der Waals surface area contributed by atoms with Crippen LogP contribution in [0.4, 0.5) is 5.69 Å². The fourth-order valence-corrected chi connectivity index (χ4v) is 5.01.